The molecule has 0 aromatic heterocycles. The van der Waals surface area contributed by atoms with Gasteiger partial charge in [-0.25, -0.2) is 4.79 Å². The predicted molar refractivity (Wildman–Crippen MR) is 102 cm³/mol. The molecule has 0 bridgehead atoms. The highest BCUT2D eigenvalue weighted by Crippen LogP contribution is 2.52. The van der Waals surface area contributed by atoms with Gasteiger partial charge in [-0.2, -0.15) is 0 Å². The number of rotatable bonds is 4. The molecule has 0 fully saturated rings. The average Bonchev–Trinajstić information content (AvgIpc) is 3.17. The molecule has 1 aliphatic carbocycles. The Labute approximate surface area is 153 Å². The number of hydrogen-bond donors (Lipinski definition) is 1. The first-order valence-corrected chi connectivity index (χ1v) is 9.10. The van der Waals surface area contributed by atoms with Gasteiger partial charge in [-0.15, -0.1) is 0 Å². The molecule has 0 saturated heterocycles. The highest BCUT2D eigenvalue weighted by Gasteiger charge is 2.38. The van der Waals surface area contributed by atoms with Crippen LogP contribution in [-0.4, -0.2) is 19.7 Å². The quantitative estimate of drug-likeness (QED) is 0.642. The lowest BCUT2D eigenvalue weighted by atomic mass is 9.77. The lowest BCUT2D eigenvalue weighted by Gasteiger charge is -2.38. The Morgan fingerprint density at radius 3 is 2.73 bits per heavy atom. The normalized spacial score (nSPS) is 22.9. The summed E-state index contributed by atoms with van der Waals surface area (Å²) in [5.41, 5.74) is 4.14. The van der Waals surface area contributed by atoms with Crippen molar-refractivity contribution in [2.75, 3.05) is 19.0 Å². The van der Waals surface area contributed by atoms with Crippen LogP contribution in [0.5, 0.6) is 5.75 Å². The van der Waals surface area contributed by atoms with Crippen LogP contribution in [0, 0.1) is 5.92 Å². The molecule has 26 heavy (non-hydrogen) atoms. The van der Waals surface area contributed by atoms with Gasteiger partial charge in [0.05, 0.1) is 31.0 Å². The maximum absolute atomic E-state index is 11.7. The Balaban J connectivity index is 1.71. The number of allylic oxidation sites excluding steroid dienone is 2. The summed E-state index contributed by atoms with van der Waals surface area (Å²) in [4.78, 5) is 11.7. The van der Waals surface area contributed by atoms with E-state index in [1.165, 1.54) is 18.2 Å². The Bertz CT molecular complexity index is 841. The van der Waals surface area contributed by atoms with Gasteiger partial charge in [0.2, 0.25) is 0 Å². The van der Waals surface area contributed by atoms with Crippen LogP contribution in [-0.2, 0) is 4.74 Å². The fourth-order valence-electron chi connectivity index (χ4n) is 4.14. The second kappa shape index (κ2) is 6.87. The number of nitrogens with one attached hydrogen (secondary N) is 1. The second-order valence-corrected chi connectivity index (χ2v) is 6.74. The molecule has 2 aliphatic rings. The zero-order valence-corrected chi connectivity index (χ0v) is 15.1. The summed E-state index contributed by atoms with van der Waals surface area (Å²) in [6.07, 6.45) is 5.63. The molecule has 0 radical (unpaired) electrons. The molecule has 0 unspecified atom stereocenters. The minimum atomic E-state index is -0.308. The molecule has 134 valence electrons. The van der Waals surface area contributed by atoms with Gasteiger partial charge in [-0.1, -0.05) is 36.4 Å². The summed E-state index contributed by atoms with van der Waals surface area (Å²) in [5.74, 6) is 1.44. The van der Waals surface area contributed by atoms with Crippen molar-refractivity contribution in [3.05, 3.63) is 71.3 Å². The number of hydrogen-bond acceptors (Lipinski definition) is 4. The van der Waals surface area contributed by atoms with E-state index >= 15 is 0 Å². The van der Waals surface area contributed by atoms with Gasteiger partial charge >= 0.3 is 5.97 Å². The third-order valence-electron chi connectivity index (χ3n) is 5.35. The van der Waals surface area contributed by atoms with Crippen molar-refractivity contribution in [1.29, 1.82) is 0 Å². The van der Waals surface area contributed by atoms with Gasteiger partial charge in [0.15, 0.2) is 0 Å². The number of carbonyl (C=O) groups is 1. The van der Waals surface area contributed by atoms with E-state index in [1.807, 2.05) is 37.3 Å². The summed E-state index contributed by atoms with van der Waals surface area (Å²) >= 11 is 0. The molecular weight excluding hydrogens is 326 g/mol. The van der Waals surface area contributed by atoms with Crippen molar-refractivity contribution >= 4 is 11.7 Å². The summed E-state index contributed by atoms with van der Waals surface area (Å²) < 4.78 is 10.7. The Kier molecular flexibility index (Phi) is 4.41. The van der Waals surface area contributed by atoms with E-state index in [0.29, 0.717) is 24.0 Å². The largest absolute Gasteiger partial charge is 0.492 e. The van der Waals surface area contributed by atoms with Crippen LogP contribution in [0.2, 0.25) is 0 Å². The van der Waals surface area contributed by atoms with E-state index in [0.717, 1.165) is 17.9 Å². The van der Waals surface area contributed by atoms with Crippen molar-refractivity contribution in [2.45, 2.75) is 25.3 Å². The van der Waals surface area contributed by atoms with Crippen molar-refractivity contribution in [2.24, 2.45) is 5.92 Å². The third-order valence-corrected chi connectivity index (χ3v) is 5.35. The van der Waals surface area contributed by atoms with Crippen molar-refractivity contribution in [3.63, 3.8) is 0 Å². The molecular formula is C22H23NO3. The van der Waals surface area contributed by atoms with Gasteiger partial charge in [0.1, 0.15) is 5.75 Å². The standard InChI is InChI=1S/C22H23NO3/c1-3-26-19-9-5-8-18-16-6-4-7-17(16)20(23-21(18)19)14-10-12-15(13-11-14)22(24)25-2/h4-6,8-13,16-17,20,23H,3,7H2,1-2H3/t16-,17-,20-/m0/s1. The molecule has 4 heteroatoms. The minimum absolute atomic E-state index is 0.177. The average molecular weight is 349 g/mol. The first-order valence-electron chi connectivity index (χ1n) is 9.10. The van der Waals surface area contributed by atoms with Crippen molar-refractivity contribution < 1.29 is 14.3 Å². The third kappa shape index (κ3) is 2.75. The second-order valence-electron chi connectivity index (χ2n) is 6.74. The predicted octanol–water partition coefficient (Wildman–Crippen LogP) is 4.70. The summed E-state index contributed by atoms with van der Waals surface area (Å²) in [5, 5.41) is 3.72. The molecule has 0 spiro atoms. The molecule has 2 aromatic rings. The molecule has 4 nitrogen and oxygen atoms in total. The zero-order valence-electron chi connectivity index (χ0n) is 15.1. The number of benzene rings is 2. The van der Waals surface area contributed by atoms with Crippen LogP contribution < -0.4 is 10.1 Å². The van der Waals surface area contributed by atoms with E-state index < -0.39 is 0 Å². The van der Waals surface area contributed by atoms with Crippen molar-refractivity contribution in [3.8, 4) is 5.75 Å². The lowest BCUT2D eigenvalue weighted by molar-refractivity contribution is 0.0600. The molecule has 0 saturated carbocycles. The first-order chi connectivity index (χ1) is 12.7. The summed E-state index contributed by atoms with van der Waals surface area (Å²) in [7, 11) is 1.40. The molecule has 0 amide bonds. The van der Waals surface area contributed by atoms with E-state index in [2.05, 4.69) is 29.6 Å². The fourth-order valence-corrected chi connectivity index (χ4v) is 4.14. The molecule has 2 aromatic carbocycles. The smallest absolute Gasteiger partial charge is 0.337 e. The Morgan fingerprint density at radius 2 is 2.00 bits per heavy atom. The number of ether oxygens (including phenoxy) is 2. The van der Waals surface area contributed by atoms with Crippen LogP contribution >= 0.6 is 0 Å². The fraction of sp³-hybridized carbons (Fsp3) is 0.318. The van der Waals surface area contributed by atoms with Gasteiger partial charge in [-0.05, 0) is 48.6 Å². The van der Waals surface area contributed by atoms with Gasteiger partial charge in [0, 0.05) is 5.92 Å². The number of carbonyl (C=O) groups excluding carboxylic acids is 1. The van der Waals surface area contributed by atoms with Crippen LogP contribution in [0.25, 0.3) is 0 Å². The number of fused-ring (bicyclic) bond motifs is 3. The topological polar surface area (TPSA) is 47.6 Å². The molecule has 1 heterocycles. The van der Waals surface area contributed by atoms with Crippen LogP contribution in [0.15, 0.2) is 54.6 Å². The number of esters is 1. The van der Waals surface area contributed by atoms with E-state index in [-0.39, 0.29) is 12.0 Å². The SMILES string of the molecule is CCOc1cccc2c1N[C@@H](c1ccc(C(=O)OC)cc1)[C@H]1CC=C[C@H]21. The molecule has 1 N–H and O–H groups in total. The van der Waals surface area contributed by atoms with Gasteiger partial charge in [0.25, 0.3) is 0 Å². The maximum atomic E-state index is 11.7. The van der Waals surface area contributed by atoms with Crippen LogP contribution in [0.3, 0.4) is 0 Å². The first kappa shape index (κ1) is 16.7. The van der Waals surface area contributed by atoms with Crippen LogP contribution in [0.4, 0.5) is 5.69 Å². The Morgan fingerprint density at radius 1 is 1.19 bits per heavy atom. The van der Waals surface area contributed by atoms with E-state index in [9.17, 15) is 4.79 Å². The Hall–Kier alpha value is -2.75. The summed E-state index contributed by atoms with van der Waals surface area (Å²) in [6, 6.07) is 14.2. The molecule has 4 rings (SSSR count). The van der Waals surface area contributed by atoms with Crippen molar-refractivity contribution in [1.82, 2.24) is 0 Å². The number of para-hydroxylation sites is 1. The molecule has 3 atom stereocenters. The van der Waals surface area contributed by atoms with E-state index in [1.54, 1.807) is 0 Å². The van der Waals surface area contributed by atoms with Gasteiger partial charge < -0.3 is 14.8 Å². The number of anilines is 1. The lowest BCUT2D eigenvalue weighted by Crippen LogP contribution is -2.29. The maximum Gasteiger partial charge on any atom is 0.337 e. The number of methoxy groups -OCH3 is 1. The highest BCUT2D eigenvalue weighted by atomic mass is 16.5. The van der Waals surface area contributed by atoms with Crippen LogP contribution in [0.1, 0.15) is 46.8 Å². The minimum Gasteiger partial charge on any atom is -0.492 e. The zero-order chi connectivity index (χ0) is 18.1. The summed E-state index contributed by atoms with van der Waals surface area (Å²) in [6.45, 7) is 2.64. The molecule has 1 aliphatic heterocycles. The van der Waals surface area contributed by atoms with E-state index in [4.69, 9.17) is 9.47 Å². The highest BCUT2D eigenvalue weighted by molar-refractivity contribution is 5.89. The van der Waals surface area contributed by atoms with Gasteiger partial charge in [-0.3, -0.25) is 0 Å². The monoisotopic (exact) mass is 349 g/mol.